The number of H-pyrrole nitrogens is 1. The molecule has 0 saturated carbocycles. The van der Waals surface area contributed by atoms with E-state index in [9.17, 15) is 24.3 Å². The van der Waals surface area contributed by atoms with E-state index in [0.29, 0.717) is 12.8 Å². The smallest absolute Gasteiger partial charge is 0.330 e. The Morgan fingerprint density at radius 1 is 1.16 bits per heavy atom. The molecular weight excluding hydrogens is 408 g/mol. The molecule has 1 saturated heterocycles. The molecule has 10 heteroatoms. The van der Waals surface area contributed by atoms with Crippen molar-refractivity contribution in [2.75, 3.05) is 6.61 Å². The van der Waals surface area contributed by atoms with Crippen LogP contribution < -0.4 is 11.2 Å². The van der Waals surface area contributed by atoms with Gasteiger partial charge in [-0.15, -0.1) is 0 Å². The summed E-state index contributed by atoms with van der Waals surface area (Å²) in [5.41, 5.74) is -1.14. The van der Waals surface area contributed by atoms with Crippen molar-refractivity contribution in [2.45, 2.75) is 76.2 Å². The zero-order chi connectivity index (χ0) is 22.6. The molecule has 1 fully saturated rings. The molecule has 0 unspecified atom stereocenters. The lowest BCUT2D eigenvalue weighted by Crippen LogP contribution is -2.32. The minimum Gasteiger partial charge on any atom is -0.463 e. The maximum atomic E-state index is 11.9. The number of unbranched alkanes of at least 4 members (excludes halogenated alkanes) is 5. The summed E-state index contributed by atoms with van der Waals surface area (Å²) >= 11 is 0. The monoisotopic (exact) mass is 438 g/mol. The number of nitrogens with one attached hydrogen (secondary N) is 1. The molecule has 2 rings (SSSR count). The summed E-state index contributed by atoms with van der Waals surface area (Å²) in [6.07, 6.45) is 6.09. The molecule has 2 heterocycles. The van der Waals surface area contributed by atoms with Crippen molar-refractivity contribution in [3.8, 4) is 0 Å². The Labute approximate surface area is 179 Å². The fourth-order valence-electron chi connectivity index (χ4n) is 3.33. The second-order valence-corrected chi connectivity index (χ2v) is 7.41. The largest absolute Gasteiger partial charge is 0.463 e. The highest BCUT2D eigenvalue weighted by Crippen LogP contribution is 2.27. The van der Waals surface area contributed by atoms with Gasteiger partial charge in [0.15, 0.2) is 0 Å². The van der Waals surface area contributed by atoms with Crippen LogP contribution in [0.3, 0.4) is 0 Å². The zero-order valence-electron chi connectivity index (χ0n) is 17.5. The lowest BCUT2D eigenvalue weighted by atomic mass is 10.1. The van der Waals surface area contributed by atoms with Gasteiger partial charge in [0, 0.05) is 31.5 Å². The number of hydrogen-bond acceptors (Lipinski definition) is 8. The molecule has 1 aliphatic rings. The number of aromatic amines is 1. The third-order valence-electron chi connectivity index (χ3n) is 5.00. The molecule has 0 radical (unpaired) electrons. The van der Waals surface area contributed by atoms with Crippen LogP contribution in [-0.4, -0.2) is 45.4 Å². The van der Waals surface area contributed by atoms with Crippen LogP contribution in [0.5, 0.6) is 0 Å². The average Bonchev–Trinajstić information content (AvgIpc) is 3.08. The zero-order valence-corrected chi connectivity index (χ0v) is 17.5. The van der Waals surface area contributed by atoms with Crippen LogP contribution in [0.25, 0.3) is 0 Å². The lowest BCUT2D eigenvalue weighted by Gasteiger charge is -2.16. The van der Waals surface area contributed by atoms with Gasteiger partial charge in [-0.2, -0.15) is 0 Å². The van der Waals surface area contributed by atoms with Crippen LogP contribution in [0.2, 0.25) is 0 Å². The first-order valence-electron chi connectivity index (χ1n) is 10.5. The van der Waals surface area contributed by atoms with E-state index in [1.807, 2.05) is 0 Å². The maximum absolute atomic E-state index is 11.9. The number of carbonyl (C=O) groups is 2. The van der Waals surface area contributed by atoms with E-state index in [4.69, 9.17) is 9.47 Å². The first-order valence-corrected chi connectivity index (χ1v) is 10.5. The number of nitrogens with zero attached hydrogens (tertiary/aromatic N) is 1. The number of hydrogen-bond donors (Lipinski definition) is 2. The van der Waals surface area contributed by atoms with Crippen LogP contribution >= 0.6 is 0 Å². The highest BCUT2D eigenvalue weighted by Gasteiger charge is 2.36. The molecule has 31 heavy (non-hydrogen) atoms. The summed E-state index contributed by atoms with van der Waals surface area (Å²) in [4.78, 5) is 48.2. The first-order chi connectivity index (χ1) is 14.9. The maximum Gasteiger partial charge on any atom is 0.330 e. The van der Waals surface area contributed by atoms with E-state index < -0.39 is 29.7 Å². The molecule has 0 spiro atoms. The second-order valence-electron chi connectivity index (χ2n) is 7.41. The normalized spacial score (nSPS) is 20.4. The number of ether oxygens (including phenoxy) is 3. The fourth-order valence-corrected chi connectivity index (χ4v) is 3.33. The topological polar surface area (TPSA) is 137 Å². The molecule has 0 amide bonds. The van der Waals surface area contributed by atoms with Crippen molar-refractivity contribution in [3.05, 3.63) is 45.9 Å². The Morgan fingerprint density at radius 3 is 2.45 bits per heavy atom. The molecular formula is C21H30N2O8. The van der Waals surface area contributed by atoms with Crippen molar-refractivity contribution in [1.82, 2.24) is 9.55 Å². The minimum atomic E-state index is -0.889. The highest BCUT2D eigenvalue weighted by molar-refractivity contribution is 5.69. The van der Waals surface area contributed by atoms with Crippen molar-refractivity contribution in [1.29, 1.82) is 0 Å². The van der Waals surface area contributed by atoms with Gasteiger partial charge in [0.25, 0.3) is 5.56 Å². The van der Waals surface area contributed by atoms with Gasteiger partial charge >= 0.3 is 17.6 Å². The number of rotatable bonds is 13. The average molecular weight is 438 g/mol. The Hall–Kier alpha value is -2.72. The van der Waals surface area contributed by atoms with Crippen molar-refractivity contribution in [3.63, 3.8) is 0 Å². The second kappa shape index (κ2) is 12.9. The SMILES string of the molecule is C=COC(=O)CCCCCCCCC(=O)OC[C@H]1O[C@@H](n2ccc(=O)[nH]c2=O)C[C@@H]1O. The third-order valence-corrected chi connectivity index (χ3v) is 5.00. The van der Waals surface area contributed by atoms with E-state index in [1.165, 1.54) is 16.8 Å². The minimum absolute atomic E-state index is 0.102. The molecule has 1 aromatic rings. The first kappa shape index (κ1) is 24.5. The van der Waals surface area contributed by atoms with Gasteiger partial charge in [-0.25, -0.2) is 4.79 Å². The van der Waals surface area contributed by atoms with Gasteiger partial charge in [0.2, 0.25) is 0 Å². The highest BCUT2D eigenvalue weighted by atomic mass is 16.6. The van der Waals surface area contributed by atoms with Crippen LogP contribution in [0.4, 0.5) is 0 Å². The van der Waals surface area contributed by atoms with Gasteiger partial charge < -0.3 is 19.3 Å². The standard InChI is InChI=1S/C21H30N2O8/c1-2-29-19(26)9-7-5-3-4-6-8-10-20(27)30-14-16-15(24)13-18(31-16)23-12-11-17(25)22-21(23)28/h2,11-12,15-16,18,24H,1,3-10,13-14H2,(H,22,25,28)/t15-,16+,18+/m0/s1. The van der Waals surface area contributed by atoms with Crippen LogP contribution in [0.15, 0.2) is 34.7 Å². The fraction of sp³-hybridized carbons (Fsp3) is 0.619. The molecule has 1 aliphatic heterocycles. The van der Waals surface area contributed by atoms with Gasteiger partial charge in [-0.1, -0.05) is 32.3 Å². The molecule has 3 atom stereocenters. The number of aliphatic hydroxyl groups excluding tert-OH is 1. The van der Waals surface area contributed by atoms with Crippen LogP contribution in [0.1, 0.15) is 64.0 Å². The van der Waals surface area contributed by atoms with Crippen molar-refractivity contribution < 1.29 is 28.9 Å². The molecule has 172 valence electrons. The van der Waals surface area contributed by atoms with Gasteiger partial charge in [-0.3, -0.25) is 23.9 Å². The summed E-state index contributed by atoms with van der Waals surface area (Å²) in [5.74, 6) is -0.640. The van der Waals surface area contributed by atoms with E-state index in [-0.39, 0.29) is 31.4 Å². The number of aliphatic hydroxyl groups is 1. The van der Waals surface area contributed by atoms with E-state index in [0.717, 1.165) is 38.4 Å². The summed E-state index contributed by atoms with van der Waals surface area (Å²) in [6.45, 7) is 3.23. The van der Waals surface area contributed by atoms with Crippen LogP contribution in [-0.2, 0) is 23.8 Å². The number of carbonyl (C=O) groups excluding carboxylic acids is 2. The van der Waals surface area contributed by atoms with E-state index in [2.05, 4.69) is 16.3 Å². The van der Waals surface area contributed by atoms with Crippen LogP contribution in [0, 0.1) is 0 Å². The Morgan fingerprint density at radius 2 is 1.81 bits per heavy atom. The molecule has 2 N–H and O–H groups in total. The predicted octanol–water partition coefficient (Wildman–Crippen LogP) is 1.54. The number of aromatic nitrogens is 2. The molecule has 1 aromatic heterocycles. The Balaban J connectivity index is 1.57. The van der Waals surface area contributed by atoms with Gasteiger partial charge in [0.05, 0.1) is 12.4 Å². The lowest BCUT2D eigenvalue weighted by molar-refractivity contribution is -0.150. The summed E-state index contributed by atoms with van der Waals surface area (Å²) in [5, 5.41) is 10.1. The number of esters is 2. The molecule has 10 nitrogen and oxygen atoms in total. The molecule has 0 bridgehead atoms. The van der Waals surface area contributed by atoms with Crippen molar-refractivity contribution in [2.24, 2.45) is 0 Å². The summed E-state index contributed by atoms with van der Waals surface area (Å²) < 4.78 is 16.6. The van der Waals surface area contributed by atoms with Gasteiger partial charge in [-0.05, 0) is 12.8 Å². The third kappa shape index (κ3) is 8.50. The summed E-state index contributed by atoms with van der Waals surface area (Å²) in [6, 6.07) is 1.20. The quantitative estimate of drug-likeness (QED) is 0.269. The predicted molar refractivity (Wildman–Crippen MR) is 110 cm³/mol. The van der Waals surface area contributed by atoms with Crippen molar-refractivity contribution >= 4 is 11.9 Å². The Bertz CT molecular complexity index is 846. The molecule has 0 aliphatic carbocycles. The van der Waals surface area contributed by atoms with E-state index in [1.54, 1.807) is 0 Å². The molecule has 0 aromatic carbocycles. The Kier molecular flexibility index (Phi) is 10.2. The van der Waals surface area contributed by atoms with E-state index >= 15 is 0 Å². The summed E-state index contributed by atoms with van der Waals surface area (Å²) in [7, 11) is 0. The van der Waals surface area contributed by atoms with Gasteiger partial charge in [0.1, 0.15) is 18.9 Å².